The fourth-order valence-corrected chi connectivity index (χ4v) is 2.34. The molecule has 124 valence electrons. The summed E-state index contributed by atoms with van der Waals surface area (Å²) in [6.07, 6.45) is 6.76. The number of hydrogen-bond donors (Lipinski definition) is 0. The third-order valence-corrected chi connectivity index (χ3v) is 3.57. The molecule has 1 rings (SSSR count). The predicted octanol–water partition coefficient (Wildman–Crippen LogP) is 3.78. The van der Waals surface area contributed by atoms with Gasteiger partial charge in [0.2, 0.25) is 5.91 Å². The molecule has 0 bridgehead atoms. The molecule has 21 heavy (non-hydrogen) atoms. The van der Waals surface area contributed by atoms with E-state index < -0.39 is 0 Å². The van der Waals surface area contributed by atoms with Crippen molar-refractivity contribution in [3.05, 3.63) is 0 Å². The summed E-state index contributed by atoms with van der Waals surface area (Å²) in [5.41, 5.74) is 0. The number of unbranched alkanes of at least 4 members (excludes halogenated alkanes) is 4. The second kappa shape index (κ2) is 12.7. The predicted molar refractivity (Wildman–Crippen MR) is 86.0 cm³/mol. The van der Waals surface area contributed by atoms with Crippen LogP contribution in [0.3, 0.4) is 0 Å². The molecule has 0 aliphatic carbocycles. The third-order valence-electron chi connectivity index (χ3n) is 3.57. The zero-order valence-electron chi connectivity index (χ0n) is 14.3. The molecule has 1 atom stereocenters. The Morgan fingerprint density at radius 2 is 1.76 bits per heavy atom. The number of amides is 1. The van der Waals surface area contributed by atoms with Crippen LogP contribution in [0.5, 0.6) is 0 Å². The molecule has 1 aliphatic heterocycles. The van der Waals surface area contributed by atoms with E-state index in [1.54, 1.807) is 0 Å². The van der Waals surface area contributed by atoms with Crippen molar-refractivity contribution in [2.45, 2.75) is 72.6 Å². The molecule has 0 aromatic carbocycles. The van der Waals surface area contributed by atoms with E-state index in [1.807, 2.05) is 18.7 Å². The first kappa shape index (κ1) is 19.9. The van der Waals surface area contributed by atoms with Crippen LogP contribution in [0, 0.1) is 5.92 Å². The highest BCUT2D eigenvalue weighted by Crippen LogP contribution is 2.20. The van der Waals surface area contributed by atoms with Crippen molar-refractivity contribution in [1.82, 2.24) is 4.90 Å². The van der Waals surface area contributed by atoms with E-state index in [0.29, 0.717) is 19.6 Å². The van der Waals surface area contributed by atoms with Gasteiger partial charge in [-0.05, 0) is 12.8 Å². The Morgan fingerprint density at radius 1 is 1.14 bits per heavy atom. The summed E-state index contributed by atoms with van der Waals surface area (Å²) in [7, 11) is 0. The van der Waals surface area contributed by atoms with Gasteiger partial charge in [0.05, 0.1) is 12.5 Å². The van der Waals surface area contributed by atoms with Crippen molar-refractivity contribution in [2.24, 2.45) is 5.92 Å². The van der Waals surface area contributed by atoms with Crippen molar-refractivity contribution in [3.8, 4) is 0 Å². The van der Waals surface area contributed by atoms with Crippen LogP contribution in [0.4, 0.5) is 0 Å². The lowest BCUT2D eigenvalue weighted by Gasteiger charge is -2.16. The van der Waals surface area contributed by atoms with E-state index in [4.69, 9.17) is 4.74 Å². The summed E-state index contributed by atoms with van der Waals surface area (Å²) in [4.78, 5) is 25.4. The molecule has 1 saturated heterocycles. The molecule has 0 saturated carbocycles. The minimum atomic E-state index is -0.240. The number of esters is 1. The maximum atomic E-state index is 11.8. The Labute approximate surface area is 130 Å². The molecule has 1 unspecified atom stereocenters. The largest absolute Gasteiger partial charge is 0.465 e. The molecule has 0 aromatic heterocycles. The lowest BCUT2D eigenvalue weighted by Crippen LogP contribution is -2.27. The number of carbonyl (C=O) groups is 2. The van der Waals surface area contributed by atoms with Crippen molar-refractivity contribution < 1.29 is 14.3 Å². The molecule has 0 aromatic rings. The van der Waals surface area contributed by atoms with Crippen LogP contribution in [0.2, 0.25) is 0 Å². The van der Waals surface area contributed by atoms with Crippen LogP contribution in [-0.2, 0) is 14.3 Å². The average Bonchev–Trinajstić information content (AvgIpc) is 2.87. The minimum Gasteiger partial charge on any atom is -0.465 e. The normalized spacial score (nSPS) is 17.4. The average molecular weight is 299 g/mol. The van der Waals surface area contributed by atoms with Crippen LogP contribution in [0.25, 0.3) is 0 Å². The number of carbonyl (C=O) groups excluding carboxylic acids is 2. The molecule has 0 radical (unpaired) electrons. The van der Waals surface area contributed by atoms with Gasteiger partial charge in [0, 0.05) is 19.5 Å². The second-order valence-corrected chi connectivity index (χ2v) is 5.32. The van der Waals surface area contributed by atoms with E-state index in [1.165, 1.54) is 0 Å². The fraction of sp³-hybridized carbons (Fsp3) is 0.882. The molecule has 0 N–H and O–H groups in total. The number of hydrogen-bond acceptors (Lipinski definition) is 3. The smallest absolute Gasteiger partial charge is 0.311 e. The van der Waals surface area contributed by atoms with Gasteiger partial charge in [-0.1, -0.05) is 53.4 Å². The molecule has 4 nitrogen and oxygen atoms in total. The second-order valence-electron chi connectivity index (χ2n) is 5.32. The van der Waals surface area contributed by atoms with Crippen molar-refractivity contribution in [3.63, 3.8) is 0 Å². The highest BCUT2D eigenvalue weighted by Gasteiger charge is 2.34. The van der Waals surface area contributed by atoms with E-state index >= 15 is 0 Å². The highest BCUT2D eigenvalue weighted by molar-refractivity contribution is 5.86. The van der Waals surface area contributed by atoms with Gasteiger partial charge in [-0.25, -0.2) is 0 Å². The Balaban J connectivity index is 0.00000191. The van der Waals surface area contributed by atoms with Crippen molar-refractivity contribution in [1.29, 1.82) is 0 Å². The van der Waals surface area contributed by atoms with E-state index in [-0.39, 0.29) is 17.8 Å². The summed E-state index contributed by atoms with van der Waals surface area (Å²) < 4.78 is 5.23. The zero-order valence-corrected chi connectivity index (χ0v) is 14.3. The lowest BCUT2D eigenvalue weighted by atomic mass is 10.1. The van der Waals surface area contributed by atoms with Crippen LogP contribution >= 0.6 is 0 Å². The molecule has 1 heterocycles. The van der Waals surface area contributed by atoms with Crippen molar-refractivity contribution >= 4 is 11.9 Å². The van der Waals surface area contributed by atoms with Gasteiger partial charge in [-0.3, -0.25) is 9.59 Å². The summed E-state index contributed by atoms with van der Waals surface area (Å²) in [6, 6.07) is 0. The fourth-order valence-electron chi connectivity index (χ4n) is 2.34. The van der Waals surface area contributed by atoms with E-state index in [0.717, 1.165) is 45.1 Å². The maximum absolute atomic E-state index is 11.8. The third kappa shape index (κ3) is 8.08. The van der Waals surface area contributed by atoms with Gasteiger partial charge in [0.1, 0.15) is 0 Å². The van der Waals surface area contributed by atoms with Crippen LogP contribution in [0.15, 0.2) is 0 Å². The first-order chi connectivity index (χ1) is 10.2. The lowest BCUT2D eigenvalue weighted by molar-refractivity contribution is -0.148. The maximum Gasteiger partial charge on any atom is 0.311 e. The van der Waals surface area contributed by atoms with Gasteiger partial charge >= 0.3 is 5.97 Å². The van der Waals surface area contributed by atoms with Crippen LogP contribution in [-0.4, -0.2) is 36.5 Å². The monoisotopic (exact) mass is 299 g/mol. The molecule has 4 heteroatoms. The molecule has 1 aliphatic rings. The SMILES string of the molecule is CC.CCCCCOC(=O)C1CC(=O)N(CCCCC)C1. The van der Waals surface area contributed by atoms with Gasteiger partial charge in [0.15, 0.2) is 0 Å². The molecular formula is C17H33NO3. The minimum absolute atomic E-state index is 0.103. The van der Waals surface area contributed by atoms with Crippen LogP contribution in [0.1, 0.15) is 72.6 Å². The summed E-state index contributed by atoms with van der Waals surface area (Å²) in [5, 5.41) is 0. The number of nitrogens with zero attached hydrogens (tertiary/aromatic N) is 1. The Kier molecular flexibility index (Phi) is 12.0. The van der Waals surface area contributed by atoms with E-state index in [2.05, 4.69) is 13.8 Å². The first-order valence-corrected chi connectivity index (χ1v) is 8.63. The molecule has 1 amide bonds. The van der Waals surface area contributed by atoms with Crippen molar-refractivity contribution in [2.75, 3.05) is 19.7 Å². The summed E-state index contributed by atoms with van der Waals surface area (Å²) in [6.45, 7) is 10.1. The van der Waals surface area contributed by atoms with Gasteiger partial charge in [-0.15, -0.1) is 0 Å². The topological polar surface area (TPSA) is 46.6 Å². The van der Waals surface area contributed by atoms with Gasteiger partial charge in [-0.2, -0.15) is 0 Å². The number of likely N-dealkylation sites (tertiary alicyclic amines) is 1. The van der Waals surface area contributed by atoms with Gasteiger partial charge < -0.3 is 9.64 Å². The Bertz CT molecular complexity index is 292. The number of ether oxygens (including phenoxy) is 1. The summed E-state index contributed by atoms with van der Waals surface area (Å²) in [5.74, 6) is -0.329. The first-order valence-electron chi connectivity index (χ1n) is 8.63. The standard InChI is InChI=1S/C15H27NO3.C2H6/c1-3-5-7-9-16-12-13(11-14(16)17)15(18)19-10-8-6-4-2;1-2/h13H,3-12H2,1-2H3;1-2H3. The summed E-state index contributed by atoms with van der Waals surface area (Å²) >= 11 is 0. The van der Waals surface area contributed by atoms with Gasteiger partial charge in [0.25, 0.3) is 0 Å². The van der Waals surface area contributed by atoms with E-state index in [9.17, 15) is 9.59 Å². The molecular weight excluding hydrogens is 266 g/mol. The molecule has 0 spiro atoms. The zero-order chi connectivity index (χ0) is 16.1. The quantitative estimate of drug-likeness (QED) is 0.481. The Hall–Kier alpha value is -1.06. The Morgan fingerprint density at radius 3 is 2.38 bits per heavy atom. The number of rotatable bonds is 9. The highest BCUT2D eigenvalue weighted by atomic mass is 16.5. The van der Waals surface area contributed by atoms with Crippen LogP contribution < -0.4 is 0 Å². The molecule has 1 fully saturated rings.